The number of hydrogen-bond acceptors (Lipinski definition) is 10. The zero-order valence-electron chi connectivity index (χ0n) is 19.2. The molecule has 2 rings (SSSR count). The van der Waals surface area contributed by atoms with Crippen molar-refractivity contribution >= 4 is 33.1 Å². The van der Waals surface area contributed by atoms with Gasteiger partial charge in [-0.25, -0.2) is 0 Å². The molecule has 33 heavy (non-hydrogen) atoms. The standard InChI is InChI=1S/2C10H15N4.H2O4S/c2*1-3-14(4-2)10-7-5-9(6-8-10)12-13-11;1-5(2,3)4/h2*5-8,12H,3-4H2,1-2H3;(H2,1,2,3,4)/q2*+1;/p-2. The van der Waals surface area contributed by atoms with Crippen LogP contribution in [0.2, 0.25) is 0 Å². The minimum Gasteiger partial charge on any atom is -0.759 e. The van der Waals surface area contributed by atoms with Crippen molar-refractivity contribution in [1.82, 2.24) is 0 Å². The molecule has 0 saturated heterocycles. The molecule has 0 amide bonds. The van der Waals surface area contributed by atoms with Gasteiger partial charge in [0.05, 0.1) is 0 Å². The van der Waals surface area contributed by atoms with Crippen LogP contribution >= 0.6 is 0 Å². The van der Waals surface area contributed by atoms with E-state index >= 15 is 0 Å². The van der Waals surface area contributed by atoms with E-state index in [0.29, 0.717) is 0 Å². The molecule has 0 spiro atoms. The van der Waals surface area contributed by atoms with Gasteiger partial charge in [-0.1, -0.05) is 0 Å². The lowest BCUT2D eigenvalue weighted by molar-refractivity contribution is 0.352. The van der Waals surface area contributed by atoms with Crippen LogP contribution in [0.4, 0.5) is 22.7 Å². The highest BCUT2D eigenvalue weighted by Crippen LogP contribution is 2.18. The molecule has 0 atom stereocenters. The fourth-order valence-corrected chi connectivity index (χ4v) is 2.79. The number of diazo groups is 2. The van der Waals surface area contributed by atoms with E-state index in [9.17, 15) is 0 Å². The summed E-state index contributed by atoms with van der Waals surface area (Å²) in [5, 5.41) is 22.3. The van der Waals surface area contributed by atoms with Crippen molar-refractivity contribution in [3.05, 3.63) is 58.7 Å². The van der Waals surface area contributed by atoms with Crippen LogP contribution in [-0.4, -0.2) is 43.7 Å². The molecule has 180 valence electrons. The van der Waals surface area contributed by atoms with Gasteiger partial charge in [0.15, 0.2) is 0 Å². The van der Waals surface area contributed by atoms with Crippen LogP contribution in [0.3, 0.4) is 0 Å². The second-order valence-corrected chi connectivity index (χ2v) is 7.09. The van der Waals surface area contributed by atoms with E-state index in [1.54, 1.807) is 0 Å². The number of nitrogens with zero attached hydrogens (tertiary/aromatic N) is 6. The summed E-state index contributed by atoms with van der Waals surface area (Å²) in [5.41, 5.74) is 8.86. The molecule has 13 heteroatoms. The molecule has 0 fully saturated rings. The summed E-state index contributed by atoms with van der Waals surface area (Å²) in [6.45, 7) is 12.5. The first kappa shape index (κ1) is 29.4. The monoisotopic (exact) mass is 478 g/mol. The Labute approximate surface area is 195 Å². The number of hydrogen-bond donors (Lipinski definition) is 2. The second-order valence-electron chi connectivity index (χ2n) is 6.27. The summed E-state index contributed by atoms with van der Waals surface area (Å²) in [4.78, 5) is 4.50. The fourth-order valence-electron chi connectivity index (χ4n) is 2.79. The molecule has 0 radical (unpaired) electrons. The molecule has 2 aromatic carbocycles. The van der Waals surface area contributed by atoms with Crippen molar-refractivity contribution in [2.24, 2.45) is 0 Å². The minimum absolute atomic E-state index is 0.781. The van der Waals surface area contributed by atoms with Gasteiger partial charge in [0.1, 0.15) is 11.4 Å². The number of rotatable bonds is 8. The van der Waals surface area contributed by atoms with E-state index < -0.39 is 10.4 Å². The van der Waals surface area contributed by atoms with Gasteiger partial charge in [-0.3, -0.25) is 8.42 Å². The maximum atomic E-state index is 8.52. The molecule has 0 heterocycles. The smallest absolute Gasteiger partial charge is 0.308 e. The van der Waals surface area contributed by atoms with Crippen LogP contribution in [0.1, 0.15) is 27.7 Å². The number of nitrogens with one attached hydrogen (secondary N) is 2. The summed E-state index contributed by atoms with van der Waals surface area (Å²) in [6.07, 6.45) is 0. The molecule has 0 aliphatic carbocycles. The van der Waals surface area contributed by atoms with E-state index in [4.69, 9.17) is 28.3 Å². The fraction of sp³-hybridized carbons (Fsp3) is 0.400. The highest BCUT2D eigenvalue weighted by Gasteiger charge is 2.03. The molecule has 12 nitrogen and oxygen atoms in total. The Morgan fingerprint density at radius 2 is 0.939 bits per heavy atom. The van der Waals surface area contributed by atoms with Crippen molar-refractivity contribution in [3.63, 3.8) is 0 Å². The summed E-state index contributed by atoms with van der Waals surface area (Å²) in [6, 6.07) is 15.5. The van der Waals surface area contributed by atoms with E-state index in [-0.39, 0.29) is 0 Å². The summed E-state index contributed by atoms with van der Waals surface area (Å²) < 4.78 is 34.1. The van der Waals surface area contributed by atoms with Crippen molar-refractivity contribution in [2.75, 3.05) is 46.8 Å². The van der Waals surface area contributed by atoms with E-state index in [1.165, 1.54) is 11.4 Å². The quantitative estimate of drug-likeness (QED) is 0.244. The Bertz CT molecular complexity index is 903. The third-order valence-electron chi connectivity index (χ3n) is 4.35. The molecular formula is C20H30N8O4S. The maximum absolute atomic E-state index is 8.52. The Balaban J connectivity index is 0.000000517. The molecular weight excluding hydrogens is 448 g/mol. The van der Waals surface area contributed by atoms with Crippen LogP contribution in [0.25, 0.3) is 10.2 Å². The lowest BCUT2D eigenvalue weighted by Gasteiger charge is -2.20. The van der Waals surface area contributed by atoms with Gasteiger partial charge < -0.3 is 18.9 Å². The molecule has 2 aromatic rings. The topological polar surface area (TPSA) is 167 Å². The molecule has 2 N–H and O–H groups in total. The first-order chi connectivity index (χ1) is 15.6. The lowest BCUT2D eigenvalue weighted by atomic mass is 10.2. The van der Waals surface area contributed by atoms with Crippen molar-refractivity contribution in [2.45, 2.75) is 27.7 Å². The highest BCUT2D eigenvalue weighted by molar-refractivity contribution is 7.79. The summed E-state index contributed by atoms with van der Waals surface area (Å²) >= 11 is 0. The maximum Gasteiger partial charge on any atom is 0.308 e. The normalized spacial score (nSPS) is 9.58. The minimum atomic E-state index is -5.17. The largest absolute Gasteiger partial charge is 0.759 e. The first-order valence-electron chi connectivity index (χ1n) is 10.2. The van der Waals surface area contributed by atoms with E-state index in [2.05, 4.69) is 58.5 Å². The van der Waals surface area contributed by atoms with Gasteiger partial charge in [0.2, 0.25) is 0 Å². The Hall–Kier alpha value is -3.65. The van der Waals surface area contributed by atoms with Gasteiger partial charge in [-0.05, 0) is 87.1 Å². The molecule has 0 aromatic heterocycles. The van der Waals surface area contributed by atoms with Gasteiger partial charge in [0.25, 0.3) is 10.8 Å². The van der Waals surface area contributed by atoms with Gasteiger partial charge in [0, 0.05) is 48.0 Å². The molecule has 0 unspecified atom stereocenters. The van der Waals surface area contributed by atoms with Gasteiger partial charge in [-0.15, -0.1) is 0 Å². The third kappa shape index (κ3) is 13.4. The second kappa shape index (κ2) is 16.0. The van der Waals surface area contributed by atoms with Crippen LogP contribution in [0.5, 0.6) is 0 Å². The van der Waals surface area contributed by atoms with Crippen LogP contribution in [0, 0.1) is 10.8 Å². The molecule has 0 saturated carbocycles. The van der Waals surface area contributed by atoms with E-state index in [1.807, 2.05) is 48.5 Å². The zero-order chi connectivity index (χ0) is 25.3. The lowest BCUT2D eigenvalue weighted by Crippen LogP contribution is -2.21. The highest BCUT2D eigenvalue weighted by atomic mass is 32.3. The summed E-state index contributed by atoms with van der Waals surface area (Å²) in [5.74, 6) is 0. The molecule has 0 aliphatic heterocycles. The molecule has 0 bridgehead atoms. The predicted octanol–water partition coefficient (Wildman–Crippen LogP) is 4.09. The predicted molar refractivity (Wildman–Crippen MR) is 128 cm³/mol. The van der Waals surface area contributed by atoms with Crippen molar-refractivity contribution in [1.29, 1.82) is 10.8 Å². The SMILES string of the molecule is CCN(CC)c1ccc(N[N+]#N)cc1.CCN(CC)c1ccc(N[N+]#N)cc1.O=S(=O)([O-])[O-]. The first-order valence-corrected chi connectivity index (χ1v) is 11.5. The van der Waals surface area contributed by atoms with E-state index in [0.717, 1.165) is 37.6 Å². The third-order valence-corrected chi connectivity index (χ3v) is 4.35. The number of anilines is 4. The van der Waals surface area contributed by atoms with Crippen LogP contribution in [0.15, 0.2) is 48.5 Å². The Morgan fingerprint density at radius 3 is 1.12 bits per heavy atom. The van der Waals surface area contributed by atoms with Crippen LogP contribution in [-0.2, 0) is 10.4 Å². The van der Waals surface area contributed by atoms with Gasteiger partial charge >= 0.3 is 10.2 Å². The van der Waals surface area contributed by atoms with Crippen molar-refractivity contribution in [3.8, 4) is 0 Å². The molecule has 0 aliphatic rings. The number of benzene rings is 2. The average molecular weight is 479 g/mol. The Morgan fingerprint density at radius 1 is 0.697 bits per heavy atom. The van der Waals surface area contributed by atoms with Gasteiger partial charge in [-0.2, -0.15) is 0 Å². The average Bonchev–Trinajstić information content (AvgIpc) is 2.77. The van der Waals surface area contributed by atoms with Crippen LogP contribution < -0.4 is 20.7 Å². The van der Waals surface area contributed by atoms with Crippen molar-refractivity contribution < 1.29 is 17.5 Å². The zero-order valence-corrected chi connectivity index (χ0v) is 20.0. The summed E-state index contributed by atoms with van der Waals surface area (Å²) in [7, 11) is -5.17. The Kier molecular flexibility index (Phi) is 14.3.